The fourth-order valence-corrected chi connectivity index (χ4v) is 3.94. The Hall–Kier alpha value is -2.24. The van der Waals surface area contributed by atoms with E-state index >= 15 is 0 Å². The molecule has 5 nitrogen and oxygen atoms in total. The second-order valence-electron chi connectivity index (χ2n) is 6.65. The van der Waals surface area contributed by atoms with Crippen molar-refractivity contribution >= 4 is 17.6 Å². The van der Waals surface area contributed by atoms with E-state index in [1.807, 2.05) is 53.4 Å². The summed E-state index contributed by atoms with van der Waals surface area (Å²) < 4.78 is 5.51. The average molecular weight is 389 g/mol. The number of ether oxygens (including phenoxy) is 1. The maximum Gasteiger partial charge on any atom is 0.318 e. The van der Waals surface area contributed by atoms with Crippen molar-refractivity contribution in [2.75, 3.05) is 20.3 Å². The average Bonchev–Trinajstić information content (AvgIpc) is 3.15. The van der Waals surface area contributed by atoms with Crippen LogP contribution in [-0.4, -0.2) is 42.3 Å². The summed E-state index contributed by atoms with van der Waals surface area (Å²) in [4.78, 5) is 14.9. The van der Waals surface area contributed by atoms with E-state index in [1.165, 1.54) is 0 Å². The number of nitrogens with one attached hydrogen (secondary N) is 1. The summed E-state index contributed by atoms with van der Waals surface area (Å²) in [6.07, 6.45) is 2.46. The summed E-state index contributed by atoms with van der Waals surface area (Å²) in [5, 5.41) is 13.0. The molecule has 1 heterocycles. The molecule has 1 aliphatic rings. The van der Waals surface area contributed by atoms with Crippen molar-refractivity contribution in [3.05, 3.63) is 64.7 Å². The van der Waals surface area contributed by atoms with Crippen molar-refractivity contribution in [2.24, 2.45) is 0 Å². The standard InChI is InChI=1S/C21H25ClN2O3/c1-27-19-11-5-3-9-17(19)20(16-8-2-4-10-18(16)22)23-21(26)24-13-6-7-15(24)12-14-25/h2-5,8-11,15,20,25H,6-7,12-14H2,1H3,(H,23,26). The number of aliphatic hydroxyl groups is 1. The predicted molar refractivity (Wildman–Crippen MR) is 106 cm³/mol. The van der Waals surface area contributed by atoms with E-state index in [-0.39, 0.29) is 18.7 Å². The van der Waals surface area contributed by atoms with Gasteiger partial charge in [0.15, 0.2) is 0 Å². The van der Waals surface area contributed by atoms with E-state index < -0.39 is 6.04 Å². The zero-order valence-corrected chi connectivity index (χ0v) is 16.2. The van der Waals surface area contributed by atoms with E-state index in [4.69, 9.17) is 16.3 Å². The molecule has 3 rings (SSSR count). The van der Waals surface area contributed by atoms with Crippen LogP contribution in [0.25, 0.3) is 0 Å². The van der Waals surface area contributed by atoms with Crippen LogP contribution in [0.5, 0.6) is 5.75 Å². The molecule has 27 heavy (non-hydrogen) atoms. The first-order valence-electron chi connectivity index (χ1n) is 9.21. The Bertz CT molecular complexity index is 784. The molecule has 2 amide bonds. The lowest BCUT2D eigenvalue weighted by molar-refractivity contribution is 0.175. The molecule has 1 saturated heterocycles. The number of para-hydroxylation sites is 1. The summed E-state index contributed by atoms with van der Waals surface area (Å²) in [7, 11) is 1.61. The second-order valence-corrected chi connectivity index (χ2v) is 7.05. The van der Waals surface area contributed by atoms with Crippen molar-refractivity contribution in [1.82, 2.24) is 10.2 Å². The second kappa shape index (κ2) is 9.11. The summed E-state index contributed by atoms with van der Waals surface area (Å²) in [5.74, 6) is 0.691. The first kappa shape index (κ1) is 19.5. The van der Waals surface area contributed by atoms with Gasteiger partial charge >= 0.3 is 6.03 Å². The third-order valence-electron chi connectivity index (χ3n) is 5.03. The van der Waals surface area contributed by atoms with Gasteiger partial charge in [0.25, 0.3) is 0 Å². The number of benzene rings is 2. The number of likely N-dealkylation sites (tertiary alicyclic amines) is 1. The third kappa shape index (κ3) is 4.37. The van der Waals surface area contributed by atoms with Gasteiger partial charge in [0.1, 0.15) is 5.75 Å². The van der Waals surface area contributed by atoms with Crippen LogP contribution in [0.4, 0.5) is 4.79 Å². The number of amides is 2. The quantitative estimate of drug-likeness (QED) is 0.786. The molecule has 0 spiro atoms. The molecule has 0 aromatic heterocycles. The molecule has 144 valence electrons. The number of rotatable bonds is 6. The maximum atomic E-state index is 13.0. The van der Waals surface area contributed by atoms with E-state index in [1.54, 1.807) is 7.11 Å². The first-order chi connectivity index (χ1) is 13.2. The van der Waals surface area contributed by atoms with E-state index in [0.717, 1.165) is 24.0 Å². The third-order valence-corrected chi connectivity index (χ3v) is 5.38. The Balaban J connectivity index is 1.93. The largest absolute Gasteiger partial charge is 0.496 e. The van der Waals surface area contributed by atoms with E-state index in [2.05, 4.69) is 5.32 Å². The number of hydrogen-bond donors (Lipinski definition) is 2. The topological polar surface area (TPSA) is 61.8 Å². The SMILES string of the molecule is COc1ccccc1C(NC(=O)N1CCCC1CCO)c1ccccc1Cl. The Morgan fingerprint density at radius 2 is 1.96 bits per heavy atom. The number of nitrogens with zero attached hydrogens (tertiary/aromatic N) is 1. The van der Waals surface area contributed by atoms with Gasteiger partial charge in [0.2, 0.25) is 0 Å². The lowest BCUT2D eigenvalue weighted by Crippen LogP contribution is -2.44. The minimum atomic E-state index is -0.433. The van der Waals surface area contributed by atoms with Gasteiger partial charge in [-0.05, 0) is 37.0 Å². The molecular formula is C21H25ClN2O3. The molecule has 0 radical (unpaired) electrons. The number of carbonyl (C=O) groups is 1. The van der Waals surface area contributed by atoms with E-state index in [9.17, 15) is 9.90 Å². The number of methoxy groups -OCH3 is 1. The molecule has 0 bridgehead atoms. The molecule has 6 heteroatoms. The summed E-state index contributed by atoms with van der Waals surface area (Å²) >= 11 is 6.45. The Morgan fingerprint density at radius 1 is 1.26 bits per heavy atom. The van der Waals surface area contributed by atoms with Crippen molar-refractivity contribution in [3.63, 3.8) is 0 Å². The molecular weight excluding hydrogens is 364 g/mol. The zero-order valence-electron chi connectivity index (χ0n) is 15.4. The molecule has 2 aromatic carbocycles. The number of urea groups is 1. The van der Waals surface area contributed by atoms with Crippen LogP contribution < -0.4 is 10.1 Å². The van der Waals surface area contributed by atoms with Crippen molar-refractivity contribution < 1.29 is 14.6 Å². The maximum absolute atomic E-state index is 13.0. The summed E-state index contributed by atoms with van der Waals surface area (Å²) in [5.41, 5.74) is 1.66. The zero-order chi connectivity index (χ0) is 19.2. The van der Waals surface area contributed by atoms with Crippen LogP contribution in [0.2, 0.25) is 5.02 Å². The molecule has 2 aromatic rings. The van der Waals surface area contributed by atoms with Gasteiger partial charge in [0, 0.05) is 29.8 Å². The molecule has 1 fully saturated rings. The number of hydrogen-bond acceptors (Lipinski definition) is 3. The molecule has 0 saturated carbocycles. The predicted octanol–water partition coefficient (Wildman–Crippen LogP) is 3.99. The molecule has 0 aliphatic carbocycles. The highest BCUT2D eigenvalue weighted by Crippen LogP contribution is 2.34. The van der Waals surface area contributed by atoms with Gasteiger partial charge in [-0.2, -0.15) is 0 Å². The smallest absolute Gasteiger partial charge is 0.318 e. The highest BCUT2D eigenvalue weighted by molar-refractivity contribution is 6.31. The van der Waals surface area contributed by atoms with Gasteiger partial charge in [-0.15, -0.1) is 0 Å². The van der Waals surface area contributed by atoms with Crippen LogP contribution in [0, 0.1) is 0 Å². The lowest BCUT2D eigenvalue weighted by atomic mass is 9.97. The van der Waals surface area contributed by atoms with Crippen LogP contribution in [0.3, 0.4) is 0 Å². The fraction of sp³-hybridized carbons (Fsp3) is 0.381. The lowest BCUT2D eigenvalue weighted by Gasteiger charge is -2.29. The van der Waals surface area contributed by atoms with Crippen LogP contribution in [-0.2, 0) is 0 Å². The minimum Gasteiger partial charge on any atom is -0.496 e. The molecule has 2 atom stereocenters. The molecule has 2 unspecified atom stereocenters. The first-order valence-corrected chi connectivity index (χ1v) is 9.58. The number of aliphatic hydroxyl groups excluding tert-OH is 1. The van der Waals surface area contributed by atoms with E-state index in [0.29, 0.717) is 23.7 Å². The van der Waals surface area contributed by atoms with Crippen molar-refractivity contribution in [1.29, 1.82) is 0 Å². The Labute approximate surface area is 164 Å². The van der Waals surface area contributed by atoms with Crippen molar-refractivity contribution in [3.8, 4) is 5.75 Å². The van der Waals surface area contributed by atoms with Gasteiger partial charge in [-0.1, -0.05) is 48.0 Å². The summed E-state index contributed by atoms with van der Waals surface area (Å²) in [6.45, 7) is 0.770. The van der Waals surface area contributed by atoms with Gasteiger partial charge in [-0.3, -0.25) is 0 Å². The minimum absolute atomic E-state index is 0.0690. The highest BCUT2D eigenvalue weighted by Gasteiger charge is 2.31. The van der Waals surface area contributed by atoms with Gasteiger partial charge in [-0.25, -0.2) is 4.79 Å². The van der Waals surface area contributed by atoms with Crippen LogP contribution in [0.1, 0.15) is 36.4 Å². The Morgan fingerprint density at radius 3 is 2.67 bits per heavy atom. The highest BCUT2D eigenvalue weighted by atomic mass is 35.5. The Kier molecular flexibility index (Phi) is 6.58. The van der Waals surface area contributed by atoms with Crippen molar-refractivity contribution in [2.45, 2.75) is 31.3 Å². The van der Waals surface area contributed by atoms with Crippen LogP contribution in [0.15, 0.2) is 48.5 Å². The normalized spacial score (nSPS) is 17.6. The molecule has 1 aliphatic heterocycles. The molecule has 2 N–H and O–H groups in total. The fourth-order valence-electron chi connectivity index (χ4n) is 3.70. The number of carbonyl (C=O) groups excluding carboxylic acids is 1. The monoisotopic (exact) mass is 388 g/mol. The van der Waals surface area contributed by atoms with Crippen LogP contribution >= 0.6 is 11.6 Å². The van der Waals surface area contributed by atoms with Gasteiger partial charge < -0.3 is 20.1 Å². The number of halogens is 1. The van der Waals surface area contributed by atoms with Gasteiger partial charge in [0.05, 0.1) is 13.2 Å². The summed E-state index contributed by atoms with van der Waals surface area (Å²) in [6, 6.07) is 14.6.